The minimum absolute atomic E-state index is 0.108. The highest BCUT2D eigenvalue weighted by Crippen LogP contribution is 2.50. The van der Waals surface area contributed by atoms with Gasteiger partial charge in [0, 0.05) is 17.3 Å². The number of fused-ring (bicyclic) bond motifs is 3. The van der Waals surface area contributed by atoms with Crippen molar-refractivity contribution in [3.8, 4) is 11.5 Å². The molecule has 4 aromatic carbocycles. The van der Waals surface area contributed by atoms with Gasteiger partial charge in [0.2, 0.25) is 0 Å². The van der Waals surface area contributed by atoms with Crippen LogP contribution in [0.25, 0.3) is 0 Å². The quantitative estimate of drug-likeness (QED) is 0.237. The van der Waals surface area contributed by atoms with Crippen LogP contribution in [0.5, 0.6) is 11.5 Å². The third kappa shape index (κ3) is 5.24. The first-order chi connectivity index (χ1) is 19.2. The van der Waals surface area contributed by atoms with Gasteiger partial charge in [-0.1, -0.05) is 75.4 Å². The van der Waals surface area contributed by atoms with E-state index in [1.54, 1.807) is 30.3 Å². The molecule has 0 spiro atoms. The molecule has 1 aliphatic carbocycles. The van der Waals surface area contributed by atoms with Crippen molar-refractivity contribution in [2.24, 2.45) is 5.92 Å². The zero-order chi connectivity index (χ0) is 27.9. The van der Waals surface area contributed by atoms with Crippen LogP contribution < -0.4 is 14.8 Å². The minimum Gasteiger partial charge on any atom is -0.457 e. The van der Waals surface area contributed by atoms with Gasteiger partial charge in [0.05, 0.1) is 10.9 Å². The molecular weight excluding hydrogens is 516 g/mol. The van der Waals surface area contributed by atoms with Crippen LogP contribution >= 0.6 is 0 Å². The predicted molar refractivity (Wildman–Crippen MR) is 162 cm³/mol. The number of nitrogens with one attached hydrogen (secondary N) is 2. The summed E-state index contributed by atoms with van der Waals surface area (Å²) in [6.45, 7) is 6.68. The Balaban J connectivity index is 1.22. The summed E-state index contributed by atoms with van der Waals surface area (Å²) in [5.41, 5.74) is 5.17. The molecule has 1 aliphatic heterocycles. The van der Waals surface area contributed by atoms with E-state index in [0.29, 0.717) is 17.4 Å². The maximum absolute atomic E-state index is 13.4. The summed E-state index contributed by atoms with van der Waals surface area (Å²) in [5, 5.41) is 3.73. The molecule has 204 valence electrons. The second-order valence-electron chi connectivity index (χ2n) is 11.6. The fourth-order valence-corrected chi connectivity index (χ4v) is 6.78. The molecule has 0 saturated heterocycles. The van der Waals surface area contributed by atoms with Gasteiger partial charge < -0.3 is 10.1 Å². The van der Waals surface area contributed by atoms with E-state index in [-0.39, 0.29) is 22.3 Å². The average molecular weight is 551 g/mol. The molecule has 0 aromatic heterocycles. The number of anilines is 2. The Kier molecular flexibility index (Phi) is 6.67. The lowest BCUT2D eigenvalue weighted by molar-refractivity contribution is 0.425. The molecule has 6 rings (SSSR count). The third-order valence-corrected chi connectivity index (χ3v) is 9.24. The average Bonchev–Trinajstić information content (AvgIpc) is 3.44. The van der Waals surface area contributed by atoms with Crippen molar-refractivity contribution in [3.63, 3.8) is 0 Å². The fraction of sp³-hybridized carbons (Fsp3) is 0.235. The van der Waals surface area contributed by atoms with Crippen LogP contribution in [-0.4, -0.2) is 8.42 Å². The van der Waals surface area contributed by atoms with E-state index in [2.05, 4.69) is 67.2 Å². The Hall–Kier alpha value is -4.03. The monoisotopic (exact) mass is 550 g/mol. The molecule has 5 nitrogen and oxygen atoms in total. The number of para-hydroxylation sites is 1. The number of sulfonamides is 1. The molecule has 2 aliphatic rings. The number of hydrogen-bond donors (Lipinski definition) is 2. The van der Waals surface area contributed by atoms with E-state index in [9.17, 15) is 8.42 Å². The van der Waals surface area contributed by atoms with Crippen molar-refractivity contribution in [1.29, 1.82) is 0 Å². The number of rotatable bonds is 6. The van der Waals surface area contributed by atoms with Crippen LogP contribution in [0.2, 0.25) is 0 Å². The van der Waals surface area contributed by atoms with Gasteiger partial charge >= 0.3 is 0 Å². The molecule has 0 radical (unpaired) electrons. The summed E-state index contributed by atoms with van der Waals surface area (Å²) in [6, 6.07) is 30.9. The van der Waals surface area contributed by atoms with Gasteiger partial charge in [0.15, 0.2) is 0 Å². The van der Waals surface area contributed by atoms with Crippen molar-refractivity contribution in [1.82, 2.24) is 0 Å². The van der Waals surface area contributed by atoms with Crippen molar-refractivity contribution < 1.29 is 13.2 Å². The Morgan fingerprint density at radius 3 is 2.25 bits per heavy atom. The molecule has 3 atom stereocenters. The first kappa shape index (κ1) is 26.2. The van der Waals surface area contributed by atoms with Gasteiger partial charge in [-0.3, -0.25) is 4.72 Å². The summed E-state index contributed by atoms with van der Waals surface area (Å²) >= 11 is 0. The summed E-state index contributed by atoms with van der Waals surface area (Å²) in [7, 11) is -3.77. The largest absolute Gasteiger partial charge is 0.457 e. The maximum Gasteiger partial charge on any atom is 0.261 e. The van der Waals surface area contributed by atoms with E-state index in [1.807, 2.05) is 42.5 Å². The number of benzene rings is 4. The first-order valence-corrected chi connectivity index (χ1v) is 15.2. The molecule has 0 unspecified atom stereocenters. The number of hydrogen-bond acceptors (Lipinski definition) is 4. The Labute approximate surface area is 237 Å². The lowest BCUT2D eigenvalue weighted by Gasteiger charge is -2.38. The first-order valence-electron chi connectivity index (χ1n) is 13.7. The normalized spacial score (nSPS) is 19.8. The van der Waals surface area contributed by atoms with Crippen LogP contribution in [0.4, 0.5) is 11.4 Å². The van der Waals surface area contributed by atoms with Gasteiger partial charge in [-0.05, 0) is 89.0 Å². The van der Waals surface area contributed by atoms with E-state index < -0.39 is 10.0 Å². The fourth-order valence-electron chi connectivity index (χ4n) is 5.69. The van der Waals surface area contributed by atoms with Crippen LogP contribution in [0.3, 0.4) is 0 Å². The maximum atomic E-state index is 13.4. The van der Waals surface area contributed by atoms with Gasteiger partial charge in [0.1, 0.15) is 11.5 Å². The molecule has 2 N–H and O–H groups in total. The molecule has 1 heterocycles. The van der Waals surface area contributed by atoms with Crippen LogP contribution in [0, 0.1) is 5.92 Å². The second kappa shape index (κ2) is 10.2. The Morgan fingerprint density at radius 2 is 1.55 bits per heavy atom. The van der Waals surface area contributed by atoms with Crippen LogP contribution in [0.1, 0.15) is 55.8 Å². The topological polar surface area (TPSA) is 67.4 Å². The number of ether oxygens (including phenoxy) is 1. The highest BCUT2D eigenvalue weighted by molar-refractivity contribution is 7.92. The molecule has 0 fully saturated rings. The van der Waals surface area contributed by atoms with Crippen molar-refractivity contribution >= 4 is 21.4 Å². The van der Waals surface area contributed by atoms with Gasteiger partial charge in [-0.15, -0.1) is 0 Å². The smallest absolute Gasteiger partial charge is 0.261 e. The molecule has 6 heteroatoms. The Morgan fingerprint density at radius 1 is 0.850 bits per heavy atom. The summed E-state index contributed by atoms with van der Waals surface area (Å²) in [6.07, 6.45) is 5.41. The lowest BCUT2D eigenvalue weighted by Crippen LogP contribution is -2.29. The van der Waals surface area contributed by atoms with Crippen molar-refractivity contribution in [3.05, 3.63) is 126 Å². The zero-order valence-corrected chi connectivity index (χ0v) is 23.8. The lowest BCUT2D eigenvalue weighted by atomic mass is 9.76. The highest BCUT2D eigenvalue weighted by atomic mass is 32.2. The number of allylic oxidation sites excluding steroid dienone is 2. The van der Waals surface area contributed by atoms with E-state index in [4.69, 9.17) is 4.74 Å². The molecule has 0 amide bonds. The molecular formula is C34H34N2O3S. The molecule has 0 saturated carbocycles. The highest BCUT2D eigenvalue weighted by Gasteiger charge is 2.38. The van der Waals surface area contributed by atoms with Gasteiger partial charge in [-0.25, -0.2) is 8.42 Å². The summed E-state index contributed by atoms with van der Waals surface area (Å²) in [4.78, 5) is 0.254. The van der Waals surface area contributed by atoms with Crippen molar-refractivity contribution in [2.75, 3.05) is 10.0 Å². The zero-order valence-electron chi connectivity index (χ0n) is 23.0. The molecule has 0 bridgehead atoms. The molecule has 4 aromatic rings. The minimum atomic E-state index is -3.77. The third-order valence-electron chi connectivity index (χ3n) is 7.87. The van der Waals surface area contributed by atoms with Gasteiger partial charge in [-0.2, -0.15) is 0 Å². The standard InChI is InChI=1S/C34H34N2O3S/c1-34(2,3)24-14-12-23(13-15-24)33-30-11-7-10-29(30)31-22-28(20-21-32(31)35-33)40(37,38)36-25-16-18-27(19-17-25)39-26-8-5-4-6-9-26/h4-10,12-22,29-30,33,35-36H,11H2,1-3H3/t29-,30+,33+/m0/s1. The van der Waals surface area contributed by atoms with Crippen molar-refractivity contribution in [2.45, 2.75) is 49.5 Å². The summed E-state index contributed by atoms with van der Waals surface area (Å²) in [5.74, 6) is 1.85. The Bertz CT molecular complexity index is 1640. The van der Waals surface area contributed by atoms with E-state index >= 15 is 0 Å². The van der Waals surface area contributed by atoms with Crippen LogP contribution in [-0.2, 0) is 15.4 Å². The predicted octanol–water partition coefficient (Wildman–Crippen LogP) is 8.40. The summed E-state index contributed by atoms with van der Waals surface area (Å²) < 4.78 is 35.3. The van der Waals surface area contributed by atoms with E-state index in [0.717, 1.165) is 23.4 Å². The second-order valence-corrected chi connectivity index (χ2v) is 13.3. The van der Waals surface area contributed by atoms with Crippen LogP contribution in [0.15, 0.2) is 114 Å². The SMILES string of the molecule is CC(C)(C)c1ccc([C@H]2Nc3ccc(S(=O)(=O)Nc4ccc(Oc5ccccc5)cc4)cc3[C@H]3C=CC[C@H]32)cc1. The molecule has 40 heavy (non-hydrogen) atoms. The van der Waals surface area contributed by atoms with Gasteiger partial charge in [0.25, 0.3) is 10.0 Å². The van der Waals surface area contributed by atoms with E-state index in [1.165, 1.54) is 11.1 Å².